The van der Waals surface area contributed by atoms with Crippen molar-refractivity contribution in [1.29, 1.82) is 0 Å². The van der Waals surface area contributed by atoms with Crippen LogP contribution in [-0.4, -0.2) is 42.7 Å². The summed E-state index contributed by atoms with van der Waals surface area (Å²) in [6, 6.07) is 0. The van der Waals surface area contributed by atoms with Gasteiger partial charge in [0.2, 0.25) is 0 Å². The largest absolute Gasteiger partial charge is 0.315 e. The third kappa shape index (κ3) is 3.91. The maximum atomic E-state index is 4.66. The number of rotatable bonds is 5. The van der Waals surface area contributed by atoms with Crippen LogP contribution in [0.1, 0.15) is 34.9 Å². The fraction of sp³-hybridized carbons (Fsp3) is 0.444. The zero-order valence-corrected chi connectivity index (χ0v) is 15.9. The van der Waals surface area contributed by atoms with Crippen molar-refractivity contribution in [3.8, 4) is 0 Å². The van der Waals surface area contributed by atoms with Crippen LogP contribution in [-0.2, 0) is 13.6 Å². The van der Waals surface area contributed by atoms with Crippen LogP contribution >= 0.6 is 11.3 Å². The first-order valence-electron chi connectivity index (χ1n) is 8.87. The quantitative estimate of drug-likeness (QED) is 0.745. The second kappa shape index (κ2) is 7.51. The molecule has 0 aliphatic carbocycles. The van der Waals surface area contributed by atoms with E-state index in [2.05, 4.69) is 43.4 Å². The summed E-state index contributed by atoms with van der Waals surface area (Å²) < 4.78 is 1.86. The van der Waals surface area contributed by atoms with Gasteiger partial charge in [0.1, 0.15) is 0 Å². The second-order valence-electron chi connectivity index (χ2n) is 6.79. The van der Waals surface area contributed by atoms with Crippen LogP contribution in [0.5, 0.6) is 0 Å². The summed E-state index contributed by atoms with van der Waals surface area (Å²) in [5, 5.41) is 8.50. The highest BCUT2D eigenvalue weighted by Crippen LogP contribution is 2.31. The van der Waals surface area contributed by atoms with E-state index in [9.17, 15) is 0 Å². The smallest absolute Gasteiger partial charge is 0.188 e. The average molecular weight is 369 g/mol. The summed E-state index contributed by atoms with van der Waals surface area (Å²) >= 11 is 1.63. The number of piperidine rings is 1. The fourth-order valence-corrected chi connectivity index (χ4v) is 4.16. The molecule has 26 heavy (non-hydrogen) atoms. The number of aromatic nitrogens is 5. The van der Waals surface area contributed by atoms with Gasteiger partial charge in [0.15, 0.2) is 10.9 Å². The van der Waals surface area contributed by atoms with E-state index >= 15 is 0 Å². The van der Waals surface area contributed by atoms with E-state index in [0.717, 1.165) is 49.1 Å². The molecule has 1 saturated heterocycles. The van der Waals surface area contributed by atoms with Gasteiger partial charge in [0.25, 0.3) is 0 Å². The Bertz CT molecular complexity index is 872. The van der Waals surface area contributed by atoms with Gasteiger partial charge in [-0.05, 0) is 26.3 Å². The molecule has 136 valence electrons. The van der Waals surface area contributed by atoms with Gasteiger partial charge in [-0.15, -0.1) is 11.3 Å². The Morgan fingerprint density at radius 2 is 2.12 bits per heavy atom. The second-order valence-corrected chi connectivity index (χ2v) is 8.02. The van der Waals surface area contributed by atoms with E-state index in [1.54, 1.807) is 23.7 Å². The summed E-state index contributed by atoms with van der Waals surface area (Å²) in [5.41, 5.74) is 2.29. The molecule has 1 aliphatic rings. The minimum absolute atomic E-state index is 0.373. The van der Waals surface area contributed by atoms with Gasteiger partial charge in [-0.1, -0.05) is 0 Å². The van der Waals surface area contributed by atoms with Crippen molar-refractivity contribution < 1.29 is 0 Å². The number of hydrogen-bond acceptors (Lipinski definition) is 7. The van der Waals surface area contributed by atoms with E-state index < -0.39 is 0 Å². The molecule has 3 aromatic heterocycles. The molecule has 8 heteroatoms. The molecular weight excluding hydrogens is 346 g/mol. The standard InChI is InChI=1S/C18H23N7S/c1-13-8-21-18(26-13)23-17-16(19-5-6-20-17)15-4-3-7-25(12-15)11-14-9-22-24(2)10-14/h5-6,8-10,15H,3-4,7,11-12H2,1-2H3,(H,20,21,23)/t15-/m1/s1. The van der Waals surface area contributed by atoms with Crippen molar-refractivity contribution in [2.45, 2.75) is 32.2 Å². The lowest BCUT2D eigenvalue weighted by atomic mass is 9.94. The number of nitrogens with one attached hydrogen (secondary N) is 1. The van der Waals surface area contributed by atoms with Crippen molar-refractivity contribution >= 4 is 22.3 Å². The van der Waals surface area contributed by atoms with E-state index in [1.807, 2.05) is 24.1 Å². The summed E-state index contributed by atoms with van der Waals surface area (Å²) in [6.07, 6.45) is 11.7. The molecule has 0 aromatic carbocycles. The highest BCUT2D eigenvalue weighted by Gasteiger charge is 2.25. The van der Waals surface area contributed by atoms with Crippen LogP contribution < -0.4 is 5.32 Å². The van der Waals surface area contributed by atoms with E-state index in [1.165, 1.54) is 10.4 Å². The molecule has 0 radical (unpaired) electrons. The van der Waals surface area contributed by atoms with Crippen LogP contribution in [0.4, 0.5) is 10.9 Å². The normalized spacial score (nSPS) is 18.2. The summed E-state index contributed by atoms with van der Waals surface area (Å²) in [4.78, 5) is 17.2. The first-order chi connectivity index (χ1) is 12.7. The maximum absolute atomic E-state index is 4.66. The van der Waals surface area contributed by atoms with Crippen molar-refractivity contribution in [1.82, 2.24) is 29.6 Å². The van der Waals surface area contributed by atoms with Crippen molar-refractivity contribution in [3.05, 3.63) is 47.1 Å². The van der Waals surface area contributed by atoms with Gasteiger partial charge >= 0.3 is 0 Å². The zero-order chi connectivity index (χ0) is 17.9. The third-order valence-electron chi connectivity index (χ3n) is 4.63. The predicted molar refractivity (Wildman–Crippen MR) is 103 cm³/mol. The molecule has 7 nitrogen and oxygen atoms in total. The maximum Gasteiger partial charge on any atom is 0.188 e. The topological polar surface area (TPSA) is 71.8 Å². The number of hydrogen-bond donors (Lipinski definition) is 1. The monoisotopic (exact) mass is 369 g/mol. The van der Waals surface area contributed by atoms with Gasteiger partial charge in [-0.25, -0.2) is 9.97 Å². The molecule has 1 atom stereocenters. The molecule has 0 amide bonds. The Labute approximate surface area is 157 Å². The lowest BCUT2D eigenvalue weighted by Crippen LogP contribution is -2.34. The number of anilines is 2. The SMILES string of the molecule is Cc1cnc(Nc2nccnc2[C@@H]2CCCN(Cc3cnn(C)c3)C2)s1. The van der Waals surface area contributed by atoms with Gasteiger partial charge in [0.05, 0.1) is 11.9 Å². The molecule has 0 saturated carbocycles. The highest BCUT2D eigenvalue weighted by atomic mass is 32.1. The number of likely N-dealkylation sites (tertiary alicyclic amines) is 1. The molecule has 1 aliphatic heterocycles. The Morgan fingerprint density at radius 1 is 1.23 bits per heavy atom. The lowest BCUT2D eigenvalue weighted by molar-refractivity contribution is 0.198. The minimum Gasteiger partial charge on any atom is -0.315 e. The first-order valence-corrected chi connectivity index (χ1v) is 9.69. The lowest BCUT2D eigenvalue weighted by Gasteiger charge is -2.32. The predicted octanol–water partition coefficient (Wildman–Crippen LogP) is 3.10. The Hall–Kier alpha value is -2.32. The van der Waals surface area contributed by atoms with Crippen molar-refractivity contribution in [2.24, 2.45) is 7.05 Å². The molecular formula is C18H23N7S. The Balaban J connectivity index is 1.49. The molecule has 4 heterocycles. The van der Waals surface area contributed by atoms with Crippen molar-refractivity contribution in [2.75, 3.05) is 18.4 Å². The average Bonchev–Trinajstić information content (AvgIpc) is 3.24. The summed E-state index contributed by atoms with van der Waals surface area (Å²) in [7, 11) is 1.96. The summed E-state index contributed by atoms with van der Waals surface area (Å²) in [6.45, 7) is 5.08. The Kier molecular flexibility index (Phi) is 4.94. The fourth-order valence-electron chi connectivity index (χ4n) is 3.49. The number of nitrogens with zero attached hydrogens (tertiary/aromatic N) is 6. The van der Waals surface area contributed by atoms with Crippen LogP contribution in [0.25, 0.3) is 0 Å². The molecule has 1 N–H and O–H groups in total. The molecule has 0 spiro atoms. The van der Waals surface area contributed by atoms with Gasteiger partial charge in [0, 0.05) is 61.3 Å². The zero-order valence-electron chi connectivity index (χ0n) is 15.1. The number of thiazole rings is 1. The number of aryl methyl sites for hydroxylation is 2. The van der Waals surface area contributed by atoms with Gasteiger partial charge < -0.3 is 5.32 Å². The van der Waals surface area contributed by atoms with E-state index in [4.69, 9.17) is 0 Å². The van der Waals surface area contributed by atoms with Crippen LogP contribution in [0.2, 0.25) is 0 Å². The molecule has 1 fully saturated rings. The first kappa shape index (κ1) is 17.1. The van der Waals surface area contributed by atoms with E-state index in [0.29, 0.717) is 5.92 Å². The molecule has 4 rings (SSSR count). The Morgan fingerprint density at radius 3 is 2.88 bits per heavy atom. The van der Waals surface area contributed by atoms with E-state index in [-0.39, 0.29) is 0 Å². The van der Waals surface area contributed by atoms with Crippen LogP contribution in [0.3, 0.4) is 0 Å². The minimum atomic E-state index is 0.373. The van der Waals surface area contributed by atoms with Gasteiger partial charge in [-0.2, -0.15) is 5.10 Å². The third-order valence-corrected chi connectivity index (χ3v) is 5.46. The molecule has 3 aromatic rings. The van der Waals surface area contributed by atoms with Gasteiger partial charge in [-0.3, -0.25) is 14.6 Å². The summed E-state index contributed by atoms with van der Waals surface area (Å²) in [5.74, 6) is 1.20. The molecule has 0 bridgehead atoms. The molecule has 0 unspecified atom stereocenters. The van der Waals surface area contributed by atoms with Crippen LogP contribution in [0.15, 0.2) is 31.0 Å². The highest BCUT2D eigenvalue weighted by molar-refractivity contribution is 7.15. The van der Waals surface area contributed by atoms with Crippen LogP contribution in [0, 0.1) is 6.92 Å². The van der Waals surface area contributed by atoms with Crippen molar-refractivity contribution in [3.63, 3.8) is 0 Å².